The summed E-state index contributed by atoms with van der Waals surface area (Å²) >= 11 is 5.25. The van der Waals surface area contributed by atoms with Crippen LogP contribution in [0.5, 0.6) is 0 Å². The lowest BCUT2D eigenvalue weighted by Gasteiger charge is -2.08. The number of rotatable bonds is 3. The highest BCUT2D eigenvalue weighted by molar-refractivity contribution is 9.10. The summed E-state index contributed by atoms with van der Waals surface area (Å²) in [7, 11) is 0. The molecule has 1 aromatic rings. The van der Waals surface area contributed by atoms with Gasteiger partial charge in [-0.05, 0) is 40.6 Å². The second-order valence-electron chi connectivity index (χ2n) is 3.58. The lowest BCUT2D eigenvalue weighted by atomic mass is 10.2. The lowest BCUT2D eigenvalue weighted by Crippen LogP contribution is -2.29. The second-order valence-corrected chi connectivity index (χ2v) is 5.90. The normalized spacial score (nSPS) is 20.5. The largest absolute Gasteiger partial charge is 0.356 e. The van der Waals surface area contributed by atoms with E-state index in [4.69, 9.17) is 0 Å². The Labute approximate surface area is 102 Å². The van der Waals surface area contributed by atoms with Crippen LogP contribution in [0.15, 0.2) is 16.7 Å². The maximum atomic E-state index is 11.6. The van der Waals surface area contributed by atoms with Gasteiger partial charge in [0.15, 0.2) is 0 Å². The van der Waals surface area contributed by atoms with Gasteiger partial charge in [-0.25, -0.2) is 0 Å². The van der Waals surface area contributed by atoms with Gasteiger partial charge >= 0.3 is 0 Å². The van der Waals surface area contributed by atoms with Crippen LogP contribution in [0.2, 0.25) is 0 Å². The van der Waals surface area contributed by atoms with Gasteiger partial charge in [-0.2, -0.15) is 11.8 Å². The number of H-pyrrole nitrogens is 1. The van der Waals surface area contributed by atoms with Crippen molar-refractivity contribution in [1.29, 1.82) is 0 Å². The minimum absolute atomic E-state index is 0.0202. The number of thioether (sulfide) groups is 1. The van der Waals surface area contributed by atoms with E-state index in [9.17, 15) is 4.79 Å². The molecule has 1 saturated heterocycles. The zero-order valence-corrected chi connectivity index (χ0v) is 10.7. The summed E-state index contributed by atoms with van der Waals surface area (Å²) in [5.74, 6) is 1.21. The first-order chi connectivity index (χ1) is 7.25. The van der Waals surface area contributed by atoms with E-state index >= 15 is 0 Å². The van der Waals surface area contributed by atoms with Crippen LogP contribution in [0.25, 0.3) is 0 Å². The molecule has 3 nitrogen and oxygen atoms in total. The van der Waals surface area contributed by atoms with Gasteiger partial charge in [0.1, 0.15) is 5.69 Å². The van der Waals surface area contributed by atoms with Crippen LogP contribution in [0.1, 0.15) is 23.3 Å². The topological polar surface area (TPSA) is 44.9 Å². The number of aromatic amines is 1. The Morgan fingerprint density at radius 1 is 1.73 bits per heavy atom. The van der Waals surface area contributed by atoms with E-state index in [0.29, 0.717) is 10.9 Å². The molecule has 1 atom stereocenters. The summed E-state index contributed by atoms with van der Waals surface area (Å²) in [6.45, 7) is 0.778. The van der Waals surface area contributed by atoms with Crippen LogP contribution < -0.4 is 5.32 Å². The molecule has 0 saturated carbocycles. The molecule has 0 aromatic carbocycles. The van der Waals surface area contributed by atoms with Crippen LogP contribution >= 0.6 is 27.7 Å². The van der Waals surface area contributed by atoms with Crippen LogP contribution in [0.4, 0.5) is 0 Å². The third-order valence-electron chi connectivity index (χ3n) is 2.41. The van der Waals surface area contributed by atoms with E-state index in [2.05, 4.69) is 26.2 Å². The van der Waals surface area contributed by atoms with Gasteiger partial charge in [0.25, 0.3) is 5.91 Å². The van der Waals surface area contributed by atoms with E-state index in [1.807, 2.05) is 11.8 Å². The quantitative estimate of drug-likeness (QED) is 0.897. The summed E-state index contributed by atoms with van der Waals surface area (Å²) in [6, 6.07) is 1.79. The fourth-order valence-electron chi connectivity index (χ4n) is 1.61. The molecule has 1 amide bonds. The molecule has 82 valence electrons. The molecule has 1 unspecified atom stereocenters. The summed E-state index contributed by atoms with van der Waals surface area (Å²) in [5.41, 5.74) is 0.616. The van der Waals surface area contributed by atoms with Crippen molar-refractivity contribution in [3.63, 3.8) is 0 Å². The molecule has 2 rings (SSSR count). The Hall–Kier alpha value is -0.420. The number of amides is 1. The average Bonchev–Trinajstić information content (AvgIpc) is 2.84. The predicted molar refractivity (Wildman–Crippen MR) is 66.3 cm³/mol. The zero-order chi connectivity index (χ0) is 10.7. The maximum absolute atomic E-state index is 11.6. The first-order valence-electron chi connectivity index (χ1n) is 4.99. The molecule has 0 spiro atoms. The van der Waals surface area contributed by atoms with Crippen LogP contribution in [0.3, 0.4) is 0 Å². The fourth-order valence-corrected chi connectivity index (χ4v) is 3.15. The van der Waals surface area contributed by atoms with Crippen LogP contribution in [0, 0.1) is 0 Å². The number of halogens is 1. The Balaban J connectivity index is 1.81. The molecule has 0 bridgehead atoms. The van der Waals surface area contributed by atoms with Crippen molar-refractivity contribution in [3.05, 3.63) is 22.4 Å². The number of nitrogens with one attached hydrogen (secondary N) is 2. The predicted octanol–water partition coefficient (Wildman–Crippen LogP) is 2.40. The van der Waals surface area contributed by atoms with Gasteiger partial charge in [-0.3, -0.25) is 4.79 Å². The monoisotopic (exact) mass is 288 g/mol. The minimum Gasteiger partial charge on any atom is -0.356 e. The van der Waals surface area contributed by atoms with Gasteiger partial charge in [0.05, 0.1) is 0 Å². The van der Waals surface area contributed by atoms with Crippen LogP contribution in [-0.4, -0.2) is 28.4 Å². The summed E-state index contributed by atoms with van der Waals surface area (Å²) in [4.78, 5) is 14.6. The summed E-state index contributed by atoms with van der Waals surface area (Å²) in [5, 5.41) is 3.55. The third-order valence-corrected chi connectivity index (χ3v) is 4.26. The number of hydrogen-bond donors (Lipinski definition) is 2. The van der Waals surface area contributed by atoms with Crippen molar-refractivity contribution < 1.29 is 4.79 Å². The van der Waals surface area contributed by atoms with Gasteiger partial charge < -0.3 is 10.3 Å². The molecule has 2 N–H and O–H groups in total. The van der Waals surface area contributed by atoms with Gasteiger partial charge in [-0.1, -0.05) is 0 Å². The summed E-state index contributed by atoms with van der Waals surface area (Å²) < 4.78 is 0.905. The number of carbonyl (C=O) groups is 1. The van der Waals surface area contributed by atoms with E-state index < -0.39 is 0 Å². The SMILES string of the molecule is O=C(NCC1CCCS1)c1cc(Br)c[nH]1. The molecular formula is C10H13BrN2OS. The molecule has 2 heterocycles. The minimum atomic E-state index is -0.0202. The van der Waals surface area contributed by atoms with E-state index in [1.54, 1.807) is 12.3 Å². The molecule has 1 aromatic heterocycles. The first-order valence-corrected chi connectivity index (χ1v) is 6.83. The summed E-state index contributed by atoms with van der Waals surface area (Å²) in [6.07, 6.45) is 4.26. The molecule has 5 heteroatoms. The highest BCUT2D eigenvalue weighted by Crippen LogP contribution is 2.25. The van der Waals surface area contributed by atoms with Gasteiger partial charge in [0.2, 0.25) is 0 Å². The molecular weight excluding hydrogens is 276 g/mol. The maximum Gasteiger partial charge on any atom is 0.267 e. The van der Waals surface area contributed by atoms with Crippen molar-refractivity contribution in [2.75, 3.05) is 12.3 Å². The number of hydrogen-bond acceptors (Lipinski definition) is 2. The fraction of sp³-hybridized carbons (Fsp3) is 0.500. The van der Waals surface area contributed by atoms with Crippen molar-refractivity contribution in [1.82, 2.24) is 10.3 Å². The van der Waals surface area contributed by atoms with Gasteiger partial charge in [-0.15, -0.1) is 0 Å². The molecule has 0 aliphatic carbocycles. The first kappa shape index (κ1) is 11.1. The van der Waals surface area contributed by atoms with Crippen LogP contribution in [-0.2, 0) is 0 Å². The van der Waals surface area contributed by atoms with E-state index in [0.717, 1.165) is 11.0 Å². The van der Waals surface area contributed by atoms with Crippen molar-refractivity contribution in [2.45, 2.75) is 18.1 Å². The molecule has 0 radical (unpaired) electrons. The standard InChI is InChI=1S/C10H13BrN2OS/c11-7-4-9(12-5-7)10(14)13-6-8-2-1-3-15-8/h4-5,8,12H,1-3,6H2,(H,13,14). The number of aromatic nitrogens is 1. The Morgan fingerprint density at radius 3 is 3.20 bits per heavy atom. The average molecular weight is 289 g/mol. The van der Waals surface area contributed by atoms with Gasteiger partial charge in [0, 0.05) is 22.5 Å². The molecule has 1 aliphatic heterocycles. The Kier molecular flexibility index (Phi) is 3.75. The Morgan fingerprint density at radius 2 is 2.60 bits per heavy atom. The lowest BCUT2D eigenvalue weighted by molar-refractivity contribution is 0.0949. The molecule has 1 aliphatic rings. The zero-order valence-electron chi connectivity index (χ0n) is 8.25. The Bertz CT molecular complexity index is 347. The molecule has 15 heavy (non-hydrogen) atoms. The third kappa shape index (κ3) is 3.01. The smallest absolute Gasteiger partial charge is 0.267 e. The molecule has 1 fully saturated rings. The number of carbonyl (C=O) groups excluding carboxylic acids is 1. The van der Waals surface area contributed by atoms with Crippen molar-refractivity contribution in [3.8, 4) is 0 Å². The second kappa shape index (κ2) is 5.07. The van der Waals surface area contributed by atoms with Crippen molar-refractivity contribution >= 4 is 33.6 Å². The van der Waals surface area contributed by atoms with E-state index in [1.165, 1.54) is 18.6 Å². The van der Waals surface area contributed by atoms with E-state index in [-0.39, 0.29) is 5.91 Å². The highest BCUT2D eigenvalue weighted by atomic mass is 79.9. The van der Waals surface area contributed by atoms with Crippen molar-refractivity contribution in [2.24, 2.45) is 0 Å². The highest BCUT2D eigenvalue weighted by Gasteiger charge is 2.16.